The van der Waals surface area contributed by atoms with Crippen molar-refractivity contribution >= 4 is 0 Å². The highest BCUT2D eigenvalue weighted by molar-refractivity contribution is 4.91. The molecular formula is C12H26N2. The van der Waals surface area contributed by atoms with Crippen molar-refractivity contribution in [2.24, 2.45) is 0 Å². The van der Waals surface area contributed by atoms with E-state index in [-0.39, 0.29) is 0 Å². The Morgan fingerprint density at radius 1 is 1.29 bits per heavy atom. The number of rotatable bonds is 4. The van der Waals surface area contributed by atoms with Crippen LogP contribution in [0.25, 0.3) is 0 Å². The first kappa shape index (κ1) is 12.0. The zero-order valence-electron chi connectivity index (χ0n) is 10.3. The third kappa shape index (κ3) is 2.71. The van der Waals surface area contributed by atoms with Crippen LogP contribution in [0.2, 0.25) is 0 Å². The minimum atomic E-state index is 0.348. The van der Waals surface area contributed by atoms with Gasteiger partial charge in [0.15, 0.2) is 0 Å². The maximum atomic E-state index is 3.64. The molecule has 1 atom stereocenters. The first-order valence-electron chi connectivity index (χ1n) is 6.14. The summed E-state index contributed by atoms with van der Waals surface area (Å²) >= 11 is 0. The van der Waals surface area contributed by atoms with Gasteiger partial charge in [0.1, 0.15) is 0 Å². The number of hydrogen-bond acceptors (Lipinski definition) is 2. The van der Waals surface area contributed by atoms with Crippen LogP contribution in [0.3, 0.4) is 0 Å². The molecule has 0 radical (unpaired) electrons. The molecule has 0 spiro atoms. The van der Waals surface area contributed by atoms with Crippen molar-refractivity contribution in [3.8, 4) is 0 Å². The Balaban J connectivity index is 2.54. The second kappa shape index (κ2) is 5.13. The summed E-state index contributed by atoms with van der Waals surface area (Å²) in [4.78, 5) is 2.67. The molecule has 1 unspecified atom stereocenters. The van der Waals surface area contributed by atoms with Crippen molar-refractivity contribution in [3.05, 3.63) is 0 Å². The normalized spacial score (nSPS) is 29.8. The Bertz CT molecular complexity index is 166. The lowest BCUT2D eigenvalue weighted by molar-refractivity contribution is 0.0933. The zero-order chi connectivity index (χ0) is 10.6. The van der Waals surface area contributed by atoms with E-state index in [0.717, 1.165) is 12.6 Å². The Hall–Kier alpha value is -0.0800. The highest BCUT2D eigenvalue weighted by Gasteiger charge is 2.30. The van der Waals surface area contributed by atoms with Crippen molar-refractivity contribution in [1.82, 2.24) is 10.2 Å². The molecule has 2 nitrogen and oxygen atoms in total. The van der Waals surface area contributed by atoms with Crippen LogP contribution in [0.5, 0.6) is 0 Å². The van der Waals surface area contributed by atoms with Gasteiger partial charge < -0.3 is 5.32 Å². The van der Waals surface area contributed by atoms with E-state index in [2.05, 4.69) is 37.9 Å². The average Bonchev–Trinajstić information content (AvgIpc) is 2.20. The third-order valence-corrected chi connectivity index (χ3v) is 3.74. The summed E-state index contributed by atoms with van der Waals surface area (Å²) in [6.07, 6.45) is 3.80. The van der Waals surface area contributed by atoms with E-state index in [1.54, 1.807) is 0 Å². The summed E-state index contributed by atoms with van der Waals surface area (Å²) in [6.45, 7) is 12.8. The first-order valence-corrected chi connectivity index (χ1v) is 6.14. The van der Waals surface area contributed by atoms with Gasteiger partial charge in [0, 0.05) is 31.2 Å². The van der Waals surface area contributed by atoms with Gasteiger partial charge in [0.25, 0.3) is 0 Å². The highest BCUT2D eigenvalue weighted by Crippen LogP contribution is 2.19. The Labute approximate surface area is 89.1 Å². The van der Waals surface area contributed by atoms with Gasteiger partial charge in [-0.3, -0.25) is 4.90 Å². The summed E-state index contributed by atoms with van der Waals surface area (Å²) in [7, 11) is 0. The lowest BCUT2D eigenvalue weighted by Crippen LogP contribution is -2.60. The molecule has 0 saturated carbocycles. The standard InChI is InChI=1S/C12H26N2/c1-5-11(6-2)14-9-8-13-12(4,7-3)10-14/h11,13H,5-10H2,1-4H3. The molecule has 1 N–H and O–H groups in total. The largest absolute Gasteiger partial charge is 0.309 e. The van der Waals surface area contributed by atoms with Crippen molar-refractivity contribution in [2.45, 2.75) is 58.5 Å². The van der Waals surface area contributed by atoms with Gasteiger partial charge in [-0.1, -0.05) is 20.8 Å². The second-order valence-electron chi connectivity index (χ2n) is 4.78. The van der Waals surface area contributed by atoms with Gasteiger partial charge in [-0.25, -0.2) is 0 Å². The molecule has 0 aromatic heterocycles. The van der Waals surface area contributed by atoms with Crippen molar-refractivity contribution in [1.29, 1.82) is 0 Å². The summed E-state index contributed by atoms with van der Waals surface area (Å²) in [5.41, 5.74) is 0.348. The first-order chi connectivity index (χ1) is 6.65. The molecule has 14 heavy (non-hydrogen) atoms. The Morgan fingerprint density at radius 2 is 1.93 bits per heavy atom. The molecule has 0 aliphatic carbocycles. The van der Waals surface area contributed by atoms with Crippen LogP contribution in [0.4, 0.5) is 0 Å². The molecular weight excluding hydrogens is 172 g/mol. The second-order valence-corrected chi connectivity index (χ2v) is 4.78. The van der Waals surface area contributed by atoms with Gasteiger partial charge in [-0.05, 0) is 26.2 Å². The molecule has 0 bridgehead atoms. The smallest absolute Gasteiger partial charge is 0.0278 e. The lowest BCUT2D eigenvalue weighted by atomic mass is 9.94. The number of nitrogens with zero attached hydrogens (tertiary/aromatic N) is 1. The van der Waals surface area contributed by atoms with Crippen molar-refractivity contribution in [2.75, 3.05) is 19.6 Å². The lowest BCUT2D eigenvalue weighted by Gasteiger charge is -2.44. The van der Waals surface area contributed by atoms with E-state index in [1.807, 2.05) is 0 Å². The van der Waals surface area contributed by atoms with Crippen LogP contribution in [0.1, 0.15) is 47.0 Å². The monoisotopic (exact) mass is 198 g/mol. The molecule has 0 aromatic rings. The van der Waals surface area contributed by atoms with E-state index >= 15 is 0 Å². The van der Waals surface area contributed by atoms with Gasteiger partial charge in [0.2, 0.25) is 0 Å². The minimum absolute atomic E-state index is 0.348. The van der Waals surface area contributed by atoms with Crippen LogP contribution in [0, 0.1) is 0 Å². The molecule has 0 amide bonds. The SMILES string of the molecule is CCC(CC)N1CCNC(C)(CC)C1. The van der Waals surface area contributed by atoms with Crippen LogP contribution in [-0.2, 0) is 0 Å². The molecule has 2 heteroatoms. The number of nitrogens with one attached hydrogen (secondary N) is 1. The van der Waals surface area contributed by atoms with E-state index in [1.165, 1.54) is 32.4 Å². The Kier molecular flexibility index (Phi) is 4.39. The maximum Gasteiger partial charge on any atom is 0.0278 e. The van der Waals surface area contributed by atoms with E-state index in [9.17, 15) is 0 Å². The van der Waals surface area contributed by atoms with Crippen molar-refractivity contribution < 1.29 is 0 Å². The van der Waals surface area contributed by atoms with E-state index < -0.39 is 0 Å². The fourth-order valence-corrected chi connectivity index (χ4v) is 2.44. The van der Waals surface area contributed by atoms with Gasteiger partial charge in [-0.2, -0.15) is 0 Å². The molecule has 84 valence electrons. The van der Waals surface area contributed by atoms with Crippen LogP contribution >= 0.6 is 0 Å². The average molecular weight is 198 g/mol. The molecule has 1 heterocycles. The number of hydrogen-bond donors (Lipinski definition) is 1. The maximum absolute atomic E-state index is 3.64. The summed E-state index contributed by atoms with van der Waals surface area (Å²) in [5.74, 6) is 0. The molecule has 1 fully saturated rings. The minimum Gasteiger partial charge on any atom is -0.309 e. The fourth-order valence-electron chi connectivity index (χ4n) is 2.44. The zero-order valence-corrected chi connectivity index (χ0v) is 10.3. The fraction of sp³-hybridized carbons (Fsp3) is 1.00. The predicted octanol–water partition coefficient (Wildman–Crippen LogP) is 2.25. The summed E-state index contributed by atoms with van der Waals surface area (Å²) in [5, 5.41) is 3.64. The quantitative estimate of drug-likeness (QED) is 0.745. The summed E-state index contributed by atoms with van der Waals surface area (Å²) < 4.78 is 0. The topological polar surface area (TPSA) is 15.3 Å². The summed E-state index contributed by atoms with van der Waals surface area (Å²) in [6, 6.07) is 0.794. The predicted molar refractivity (Wildman–Crippen MR) is 62.6 cm³/mol. The molecule has 1 aliphatic rings. The third-order valence-electron chi connectivity index (χ3n) is 3.74. The number of piperazine rings is 1. The van der Waals surface area contributed by atoms with E-state index in [0.29, 0.717) is 5.54 Å². The van der Waals surface area contributed by atoms with Crippen LogP contribution < -0.4 is 5.32 Å². The Morgan fingerprint density at radius 3 is 2.43 bits per heavy atom. The van der Waals surface area contributed by atoms with Gasteiger partial charge >= 0.3 is 0 Å². The van der Waals surface area contributed by atoms with Crippen LogP contribution in [0.15, 0.2) is 0 Å². The molecule has 1 rings (SSSR count). The molecule has 1 saturated heterocycles. The molecule has 1 aliphatic heterocycles. The van der Waals surface area contributed by atoms with Gasteiger partial charge in [-0.15, -0.1) is 0 Å². The van der Waals surface area contributed by atoms with E-state index in [4.69, 9.17) is 0 Å². The highest BCUT2D eigenvalue weighted by atomic mass is 15.2. The van der Waals surface area contributed by atoms with Crippen molar-refractivity contribution in [3.63, 3.8) is 0 Å². The molecule has 0 aromatic carbocycles. The van der Waals surface area contributed by atoms with Gasteiger partial charge in [0.05, 0.1) is 0 Å². The van der Waals surface area contributed by atoms with Crippen LogP contribution in [-0.4, -0.2) is 36.1 Å².